The van der Waals surface area contributed by atoms with Gasteiger partial charge < -0.3 is 0 Å². The van der Waals surface area contributed by atoms with Crippen LogP contribution < -0.4 is 57.4 Å². The van der Waals surface area contributed by atoms with Gasteiger partial charge in [0.25, 0.3) is 0 Å². The third-order valence-electron chi connectivity index (χ3n) is 13.8. The van der Waals surface area contributed by atoms with E-state index in [2.05, 4.69) is 243 Å². The Bertz CT molecular complexity index is 3110. The van der Waals surface area contributed by atoms with Crippen molar-refractivity contribution in [1.29, 1.82) is 0 Å². The summed E-state index contributed by atoms with van der Waals surface area (Å²) in [6.07, 6.45) is 0. The Morgan fingerprint density at radius 3 is 0.712 bits per heavy atom. The van der Waals surface area contributed by atoms with Gasteiger partial charge in [-0.15, -0.1) is 0 Å². The van der Waals surface area contributed by atoms with Crippen molar-refractivity contribution >= 4 is 68.7 Å². The van der Waals surface area contributed by atoms with E-state index < -0.39 is 20.8 Å². The molecule has 73 heavy (non-hydrogen) atoms. The molecule has 0 heterocycles. The molecule has 0 N–H and O–H groups in total. The first-order chi connectivity index (χ1) is 36.1. The molecule has 0 bridgehead atoms. The third kappa shape index (κ3) is 8.09. The summed E-state index contributed by atoms with van der Waals surface area (Å²) in [5.74, 6) is 2.72. The molecule has 0 spiro atoms. The molecule has 4 nitrogen and oxygen atoms in total. The van der Waals surface area contributed by atoms with Crippen molar-refractivity contribution in [3.8, 4) is 23.0 Å². The molecule has 11 rings (SSSR count). The van der Waals surface area contributed by atoms with E-state index in [1.54, 1.807) is 0 Å². The number of para-hydroxylation sites is 4. The van der Waals surface area contributed by atoms with E-state index in [4.69, 9.17) is 18.4 Å². The molecule has 0 unspecified atom stereocenters. The van der Waals surface area contributed by atoms with E-state index in [1.165, 1.54) is 0 Å². The SMILES string of the molecule is c1ccc(Oc2ccccc2P(OB(OP(c2ccccc2)(c2ccccc2)(c2ccccc2)c2ccccc2Oc2ccccc2)c2ccccc2)(c2ccccc2)(c2ccccc2)c2ccccc2)cc1. The molecule has 0 saturated carbocycles. The average Bonchev–Trinajstić information content (AvgIpc) is 3.50. The molecule has 0 aliphatic heterocycles. The van der Waals surface area contributed by atoms with Crippen LogP contribution in [-0.4, -0.2) is 7.12 Å². The van der Waals surface area contributed by atoms with Gasteiger partial charge >= 0.3 is 432 Å². The molecule has 11 aromatic rings. The molecule has 0 aliphatic rings. The van der Waals surface area contributed by atoms with Gasteiger partial charge in [0, 0.05) is 0 Å². The number of rotatable bonds is 17. The van der Waals surface area contributed by atoms with Gasteiger partial charge in [-0.25, -0.2) is 0 Å². The van der Waals surface area contributed by atoms with Gasteiger partial charge in [0.05, 0.1) is 0 Å². The van der Waals surface area contributed by atoms with Crippen LogP contribution in [0.25, 0.3) is 0 Å². The minimum atomic E-state index is -4.74. The predicted octanol–water partition coefficient (Wildman–Crippen LogP) is 12.5. The zero-order chi connectivity index (χ0) is 49.3. The van der Waals surface area contributed by atoms with Crippen LogP contribution in [0.2, 0.25) is 0 Å². The van der Waals surface area contributed by atoms with Crippen molar-refractivity contribution < 1.29 is 18.4 Å². The van der Waals surface area contributed by atoms with Crippen LogP contribution in [0.3, 0.4) is 0 Å². The number of ether oxygens (including phenoxy) is 2. The molecular weight excluding hydrogens is 929 g/mol. The van der Waals surface area contributed by atoms with Crippen LogP contribution in [0, 0.1) is 0 Å². The van der Waals surface area contributed by atoms with Crippen molar-refractivity contribution in [2.24, 2.45) is 0 Å². The molecule has 11 aromatic carbocycles. The van der Waals surface area contributed by atoms with Gasteiger partial charge in [0.2, 0.25) is 0 Å². The summed E-state index contributed by atoms with van der Waals surface area (Å²) in [4.78, 5) is 0. The summed E-state index contributed by atoms with van der Waals surface area (Å²) in [5, 5.41) is 7.53. The van der Waals surface area contributed by atoms with E-state index in [-0.39, 0.29) is 0 Å². The molecule has 0 radical (unpaired) electrons. The van der Waals surface area contributed by atoms with Gasteiger partial charge in [-0.2, -0.15) is 0 Å². The summed E-state index contributed by atoms with van der Waals surface area (Å²) in [6, 6.07) is 112. The molecule has 0 atom stereocenters. The van der Waals surface area contributed by atoms with E-state index >= 15 is 0 Å². The zero-order valence-corrected chi connectivity index (χ0v) is 42.0. The fourth-order valence-electron chi connectivity index (χ4n) is 10.6. The second kappa shape index (κ2) is 20.5. The van der Waals surface area contributed by atoms with Crippen molar-refractivity contribution in [2.75, 3.05) is 0 Å². The van der Waals surface area contributed by atoms with Crippen LogP contribution in [0.5, 0.6) is 23.0 Å². The molecule has 0 saturated heterocycles. The fourth-order valence-corrected chi connectivity index (χ4v) is 22.5. The second-order valence-corrected chi connectivity index (χ2v) is 26.4. The fraction of sp³-hybridized carbons (Fsp3) is 0. The van der Waals surface area contributed by atoms with Crippen molar-refractivity contribution in [3.05, 3.63) is 322 Å². The summed E-state index contributed by atoms with van der Waals surface area (Å²) in [7, 11) is -1.13. The van der Waals surface area contributed by atoms with E-state index in [0.717, 1.165) is 47.9 Å². The van der Waals surface area contributed by atoms with Crippen molar-refractivity contribution in [2.45, 2.75) is 0 Å². The van der Waals surface area contributed by atoms with Gasteiger partial charge in [0.1, 0.15) is 0 Å². The van der Waals surface area contributed by atoms with E-state index in [1.807, 2.05) is 78.9 Å². The van der Waals surface area contributed by atoms with Crippen molar-refractivity contribution in [3.63, 3.8) is 0 Å². The average molecular weight is 983 g/mol. The summed E-state index contributed by atoms with van der Waals surface area (Å²) < 4.78 is 32.3. The van der Waals surface area contributed by atoms with Gasteiger partial charge in [0.15, 0.2) is 0 Å². The molecule has 0 aliphatic carbocycles. The predicted molar refractivity (Wildman–Crippen MR) is 309 cm³/mol. The van der Waals surface area contributed by atoms with Crippen molar-refractivity contribution in [1.82, 2.24) is 0 Å². The minimum absolute atomic E-state index is 0.656. The first-order valence-corrected chi connectivity index (χ1v) is 28.9. The monoisotopic (exact) mass is 982 g/mol. The first kappa shape index (κ1) is 47.2. The Balaban J connectivity index is 1.34. The standard InChI is InChI=1S/C66H53BO4P2/c1-10-32-54(33-11-1)67(70-72(57-38-16-4-17-39-57,58-40-18-5-19-41-58,59-42-20-6-21-43-59)65-52-30-28-50-63(65)68-55-34-12-2-13-35-55)71-73(60-44-22-7-23-45-60,61-46-24-8-25-47-61,62-48-26-9-27-49-62)66-53-31-29-51-64(66)69-56-36-14-3-15-37-56/h1-53H. The number of hydrogen-bond acceptors (Lipinski definition) is 4. The quantitative estimate of drug-likeness (QED) is 0.0673. The van der Waals surface area contributed by atoms with Crippen LogP contribution in [0.15, 0.2) is 322 Å². The van der Waals surface area contributed by atoms with E-state index in [0.29, 0.717) is 23.0 Å². The third-order valence-corrected chi connectivity index (χ3v) is 25.3. The number of hydrogen-bond donors (Lipinski definition) is 0. The topological polar surface area (TPSA) is 36.9 Å². The van der Waals surface area contributed by atoms with Gasteiger partial charge in [-0.05, 0) is 0 Å². The maximum atomic E-state index is 8.98. The first-order valence-electron chi connectivity index (χ1n) is 24.6. The summed E-state index contributed by atoms with van der Waals surface area (Å²) in [5.41, 5.74) is 0.819. The summed E-state index contributed by atoms with van der Waals surface area (Å²) in [6.45, 7) is -9.47. The Morgan fingerprint density at radius 1 is 0.219 bits per heavy atom. The summed E-state index contributed by atoms with van der Waals surface area (Å²) >= 11 is 0. The van der Waals surface area contributed by atoms with Crippen LogP contribution in [0.4, 0.5) is 0 Å². The molecular formula is C66H53BO4P2. The Labute approximate surface area is 429 Å². The molecule has 0 aromatic heterocycles. The maximum absolute atomic E-state index is 8.98. The van der Waals surface area contributed by atoms with Gasteiger partial charge in [-0.1, -0.05) is 0 Å². The molecule has 354 valence electrons. The van der Waals surface area contributed by atoms with Crippen LogP contribution in [-0.2, 0) is 8.88 Å². The Kier molecular flexibility index (Phi) is 13.3. The normalized spacial score (nSPS) is 12.5. The zero-order valence-electron chi connectivity index (χ0n) is 40.2. The Hall–Kier alpha value is -8.14. The molecule has 0 fully saturated rings. The number of benzene rings is 11. The molecule has 0 amide bonds. The van der Waals surface area contributed by atoms with Crippen LogP contribution >= 0.6 is 13.7 Å². The van der Waals surface area contributed by atoms with Crippen LogP contribution in [0.1, 0.15) is 0 Å². The van der Waals surface area contributed by atoms with Gasteiger partial charge in [-0.3, -0.25) is 0 Å². The van der Waals surface area contributed by atoms with E-state index in [9.17, 15) is 0 Å². The molecule has 7 heteroatoms. The second-order valence-electron chi connectivity index (χ2n) is 17.8. The Morgan fingerprint density at radius 2 is 0.438 bits per heavy atom.